The van der Waals surface area contributed by atoms with E-state index in [9.17, 15) is 0 Å². The van der Waals surface area contributed by atoms with Crippen molar-refractivity contribution in [1.82, 2.24) is 0 Å². The lowest BCUT2D eigenvalue weighted by molar-refractivity contribution is 0.610. The van der Waals surface area contributed by atoms with Crippen molar-refractivity contribution >= 4 is 110 Å². The van der Waals surface area contributed by atoms with Gasteiger partial charge in [-0.05, 0) is 11.1 Å². The SMILES string of the molecule is ClC(Cl)(Cl)C(Cl)(Cl)C(Cl)(Cl)C(Cl)(Cl)[C]1C=Cc2ccccc21. The molecule has 0 aliphatic heterocycles. The minimum Gasteiger partial charge on any atom is -0.0967 e. The third-order valence-corrected chi connectivity index (χ3v) is 8.61. The quantitative estimate of drug-likeness (QED) is 0.392. The second-order valence-electron chi connectivity index (χ2n) is 4.56. The second-order valence-corrected chi connectivity index (χ2v) is 10.8. The molecule has 1 aliphatic rings. The molecular weight excluding hydrogens is 475 g/mol. The molecule has 0 saturated heterocycles. The summed E-state index contributed by atoms with van der Waals surface area (Å²) in [6.07, 6.45) is 3.46. The zero-order chi connectivity index (χ0) is 17.0. The Labute approximate surface area is 173 Å². The first-order valence-corrected chi connectivity index (χ1v) is 9.09. The monoisotopic (exact) mass is 477 g/mol. The van der Waals surface area contributed by atoms with Gasteiger partial charge in [0, 0.05) is 0 Å². The molecule has 1 aromatic carbocycles. The van der Waals surface area contributed by atoms with Gasteiger partial charge in [-0.2, -0.15) is 0 Å². The van der Waals surface area contributed by atoms with Crippen LogP contribution in [0.2, 0.25) is 0 Å². The van der Waals surface area contributed by atoms with E-state index in [1.165, 1.54) is 0 Å². The molecule has 1 radical (unpaired) electrons. The molecule has 0 atom stereocenters. The summed E-state index contributed by atoms with van der Waals surface area (Å²) >= 11 is 54.9. The third kappa shape index (κ3) is 3.06. The van der Waals surface area contributed by atoms with Gasteiger partial charge < -0.3 is 0 Å². The highest BCUT2D eigenvalue weighted by atomic mass is 35.6. The maximum absolute atomic E-state index is 6.42. The standard InChI is InChI=1S/C13H6Cl9/c14-10(15,11(16,17)12(18,19)13(20,21)22)9-6-5-7-3-1-2-4-8(7)9/h1-6H. The van der Waals surface area contributed by atoms with Crippen LogP contribution in [-0.4, -0.2) is 16.8 Å². The normalized spacial score (nSPS) is 17.0. The molecule has 2 rings (SSSR count). The van der Waals surface area contributed by atoms with Gasteiger partial charge in [-0.3, -0.25) is 0 Å². The molecule has 0 fully saturated rings. The van der Waals surface area contributed by atoms with Crippen molar-refractivity contribution < 1.29 is 0 Å². The molecule has 0 heterocycles. The Balaban J connectivity index is 2.49. The van der Waals surface area contributed by atoms with Gasteiger partial charge in [0.15, 0.2) is 13.0 Å². The summed E-state index contributed by atoms with van der Waals surface area (Å²) in [5, 5.41) is 0. The Hall–Kier alpha value is 1.57. The van der Waals surface area contributed by atoms with E-state index in [0.29, 0.717) is 5.92 Å². The van der Waals surface area contributed by atoms with Gasteiger partial charge >= 0.3 is 0 Å². The number of rotatable bonds is 3. The highest BCUT2D eigenvalue weighted by molar-refractivity contribution is 6.80. The topological polar surface area (TPSA) is 0 Å². The Kier molecular flexibility index (Phi) is 5.77. The molecule has 0 unspecified atom stereocenters. The van der Waals surface area contributed by atoms with Crippen molar-refractivity contribution in [1.29, 1.82) is 0 Å². The minimum atomic E-state index is -2.30. The van der Waals surface area contributed by atoms with Crippen LogP contribution in [0.15, 0.2) is 30.3 Å². The van der Waals surface area contributed by atoms with Gasteiger partial charge in [0.2, 0.25) is 3.79 Å². The smallest absolute Gasteiger partial charge is 0.0967 e. The van der Waals surface area contributed by atoms with E-state index in [4.69, 9.17) is 104 Å². The summed E-state index contributed by atoms with van der Waals surface area (Å²) in [5.41, 5.74) is 1.61. The van der Waals surface area contributed by atoms with Crippen molar-refractivity contribution in [3.05, 3.63) is 47.4 Å². The van der Waals surface area contributed by atoms with Gasteiger partial charge in [0.1, 0.15) is 0 Å². The van der Waals surface area contributed by atoms with Crippen molar-refractivity contribution in [3.63, 3.8) is 0 Å². The summed E-state index contributed by atoms with van der Waals surface area (Å²) in [4.78, 5) is 0. The third-order valence-electron chi connectivity index (χ3n) is 3.16. The first-order valence-electron chi connectivity index (χ1n) is 5.69. The molecule has 1 aliphatic carbocycles. The molecule has 0 spiro atoms. The molecular formula is C13H6Cl9. The lowest BCUT2D eigenvalue weighted by atomic mass is 9.93. The van der Waals surface area contributed by atoms with E-state index >= 15 is 0 Å². The second kappa shape index (κ2) is 6.38. The molecule has 0 N–H and O–H groups in total. The Morgan fingerprint density at radius 3 is 1.73 bits per heavy atom. The molecule has 0 nitrogen and oxygen atoms in total. The van der Waals surface area contributed by atoms with Crippen LogP contribution < -0.4 is 0 Å². The van der Waals surface area contributed by atoms with E-state index < -0.39 is 16.8 Å². The number of halogens is 9. The van der Waals surface area contributed by atoms with E-state index in [1.54, 1.807) is 18.2 Å². The van der Waals surface area contributed by atoms with Crippen molar-refractivity contribution in [3.8, 4) is 0 Å². The summed E-state index contributed by atoms with van der Waals surface area (Å²) in [6, 6.07) is 7.34. The number of hydrogen-bond donors (Lipinski definition) is 0. The van der Waals surface area contributed by atoms with Crippen LogP contribution in [0.25, 0.3) is 6.08 Å². The molecule has 121 valence electrons. The van der Waals surface area contributed by atoms with Gasteiger partial charge in [0.05, 0.1) is 5.92 Å². The van der Waals surface area contributed by atoms with Gasteiger partial charge in [0.25, 0.3) is 0 Å². The Morgan fingerprint density at radius 2 is 1.18 bits per heavy atom. The van der Waals surface area contributed by atoms with E-state index in [1.807, 2.05) is 18.2 Å². The molecule has 22 heavy (non-hydrogen) atoms. The van der Waals surface area contributed by atoms with Crippen molar-refractivity contribution in [2.24, 2.45) is 0 Å². The first kappa shape index (κ1) is 19.9. The zero-order valence-corrected chi connectivity index (χ0v) is 17.2. The largest absolute Gasteiger partial charge is 0.226 e. The van der Waals surface area contributed by atoms with Gasteiger partial charge in [-0.1, -0.05) is 141 Å². The summed E-state index contributed by atoms with van der Waals surface area (Å²) in [6.45, 7) is 0. The Bertz CT molecular complexity index is 598. The average molecular weight is 481 g/mol. The number of hydrogen-bond acceptors (Lipinski definition) is 0. The van der Waals surface area contributed by atoms with Crippen LogP contribution in [0.1, 0.15) is 11.1 Å². The van der Waals surface area contributed by atoms with Crippen molar-refractivity contribution in [2.75, 3.05) is 0 Å². The summed E-state index contributed by atoms with van der Waals surface area (Å²) in [7, 11) is 0. The summed E-state index contributed by atoms with van der Waals surface area (Å²) in [5.74, 6) is 0.399. The van der Waals surface area contributed by atoms with Crippen molar-refractivity contribution in [2.45, 2.75) is 16.8 Å². The predicted octanol–water partition coefficient (Wildman–Crippen LogP) is 7.53. The number of benzene rings is 1. The molecule has 0 amide bonds. The van der Waals surface area contributed by atoms with Gasteiger partial charge in [-0.25, -0.2) is 0 Å². The van der Waals surface area contributed by atoms with Crippen LogP contribution in [-0.2, 0) is 0 Å². The van der Waals surface area contributed by atoms with Crippen LogP contribution in [0.3, 0.4) is 0 Å². The summed E-state index contributed by atoms with van der Waals surface area (Å²) < 4.78 is -8.73. The van der Waals surface area contributed by atoms with Crippen LogP contribution >= 0.6 is 104 Å². The molecule has 9 heteroatoms. The van der Waals surface area contributed by atoms with E-state index in [-0.39, 0.29) is 0 Å². The number of allylic oxidation sites excluding steroid dienone is 1. The molecule has 1 aromatic rings. The highest BCUT2D eigenvalue weighted by Gasteiger charge is 2.70. The maximum atomic E-state index is 6.42. The fourth-order valence-electron chi connectivity index (χ4n) is 1.97. The van der Waals surface area contributed by atoms with E-state index in [0.717, 1.165) is 11.1 Å². The number of fused-ring (bicyclic) bond motifs is 1. The molecule has 0 saturated carbocycles. The fourth-order valence-corrected chi connectivity index (χ4v) is 4.26. The predicted molar refractivity (Wildman–Crippen MR) is 101 cm³/mol. The fraction of sp³-hybridized carbons (Fsp3) is 0.308. The molecule has 0 aromatic heterocycles. The highest BCUT2D eigenvalue weighted by Crippen LogP contribution is 2.65. The first-order chi connectivity index (χ1) is 9.84. The van der Waals surface area contributed by atoms with Crippen LogP contribution in [0.5, 0.6) is 0 Å². The Morgan fingerprint density at radius 1 is 0.636 bits per heavy atom. The molecule has 0 bridgehead atoms. The lowest BCUT2D eigenvalue weighted by Crippen LogP contribution is -2.58. The number of alkyl halides is 9. The minimum absolute atomic E-state index is 0.399. The van der Waals surface area contributed by atoms with E-state index in [2.05, 4.69) is 0 Å². The lowest BCUT2D eigenvalue weighted by Gasteiger charge is -2.45. The van der Waals surface area contributed by atoms with Gasteiger partial charge in [-0.15, -0.1) is 0 Å². The average Bonchev–Trinajstić information content (AvgIpc) is 2.81. The maximum Gasteiger partial charge on any atom is 0.226 e. The zero-order valence-electron chi connectivity index (χ0n) is 10.4. The van der Waals surface area contributed by atoms with Crippen LogP contribution in [0, 0.1) is 5.92 Å². The van der Waals surface area contributed by atoms with Crippen LogP contribution in [0.4, 0.5) is 0 Å².